The van der Waals surface area contributed by atoms with Crippen molar-refractivity contribution in [1.29, 1.82) is 0 Å². The summed E-state index contributed by atoms with van der Waals surface area (Å²) in [5, 5.41) is 26.6. The molecule has 0 unspecified atom stereocenters. The maximum absolute atomic E-state index is 13.2. The van der Waals surface area contributed by atoms with Crippen LogP contribution in [0.1, 0.15) is 41.4 Å². The fourth-order valence-electron chi connectivity index (χ4n) is 4.44. The molecule has 0 aliphatic rings. The Morgan fingerprint density at radius 3 is 1.26 bits per heavy atom. The van der Waals surface area contributed by atoms with Gasteiger partial charge in [-0.25, -0.2) is 18.0 Å². The van der Waals surface area contributed by atoms with Crippen LogP contribution in [0.4, 0.5) is 11.4 Å². The molecular formula is C30H19N2NaO9S. The van der Waals surface area contributed by atoms with Gasteiger partial charge in [0.05, 0.1) is 27.4 Å². The first-order chi connectivity index (χ1) is 19.9. The molecule has 2 amide bonds. The van der Waals surface area contributed by atoms with Crippen molar-refractivity contribution in [3.63, 3.8) is 0 Å². The molecule has 0 fully saturated rings. The molecule has 0 spiro atoms. The second-order valence-corrected chi connectivity index (χ2v) is 10.6. The van der Waals surface area contributed by atoms with Crippen molar-refractivity contribution < 1.29 is 71.9 Å². The Labute approximate surface area is 266 Å². The number of fused-ring (bicyclic) bond motifs is 2. The SMILES string of the molecule is O=C(Nc1cc2ccccc2cc1C(=O)O)c1cc(C(=O)Nc2cc3ccccc3cc2C(=O)O)cc(S(=O)(=O)[O-])c1.[Na+]. The molecule has 0 aromatic heterocycles. The minimum absolute atomic E-state index is 0. The molecule has 0 atom stereocenters. The quantitative estimate of drug-likeness (QED) is 0.158. The van der Waals surface area contributed by atoms with Crippen molar-refractivity contribution in [3.8, 4) is 0 Å². The molecule has 13 heteroatoms. The smallest absolute Gasteiger partial charge is 0.744 e. The van der Waals surface area contributed by atoms with E-state index in [2.05, 4.69) is 10.6 Å². The number of hydrogen-bond donors (Lipinski definition) is 4. The number of rotatable bonds is 7. The topological polar surface area (TPSA) is 190 Å². The maximum Gasteiger partial charge on any atom is 1.00 e. The molecule has 11 nitrogen and oxygen atoms in total. The van der Waals surface area contributed by atoms with Crippen LogP contribution >= 0.6 is 0 Å². The first-order valence-corrected chi connectivity index (χ1v) is 13.6. The van der Waals surface area contributed by atoms with Gasteiger partial charge < -0.3 is 25.4 Å². The van der Waals surface area contributed by atoms with Crippen molar-refractivity contribution >= 4 is 66.8 Å². The first-order valence-electron chi connectivity index (χ1n) is 12.2. The molecule has 5 aromatic rings. The molecule has 0 saturated carbocycles. The summed E-state index contributed by atoms with van der Waals surface area (Å²) in [5.41, 5.74) is -1.56. The van der Waals surface area contributed by atoms with E-state index in [1.165, 1.54) is 24.3 Å². The molecule has 43 heavy (non-hydrogen) atoms. The maximum atomic E-state index is 13.2. The van der Waals surface area contributed by atoms with Crippen LogP contribution in [-0.4, -0.2) is 46.9 Å². The third kappa shape index (κ3) is 6.74. The van der Waals surface area contributed by atoms with Crippen LogP contribution in [0, 0.1) is 0 Å². The van der Waals surface area contributed by atoms with Gasteiger partial charge in [-0.15, -0.1) is 0 Å². The minimum atomic E-state index is -5.16. The van der Waals surface area contributed by atoms with Crippen molar-refractivity contribution in [2.24, 2.45) is 0 Å². The minimum Gasteiger partial charge on any atom is -0.744 e. The molecular weight excluding hydrogens is 587 g/mol. The zero-order valence-electron chi connectivity index (χ0n) is 22.3. The van der Waals surface area contributed by atoms with Crippen molar-refractivity contribution in [1.82, 2.24) is 0 Å². The van der Waals surface area contributed by atoms with Crippen molar-refractivity contribution in [3.05, 3.63) is 113 Å². The van der Waals surface area contributed by atoms with E-state index in [0.29, 0.717) is 21.5 Å². The second kappa shape index (κ2) is 12.3. The fraction of sp³-hybridized carbons (Fsp3) is 0. The van der Waals surface area contributed by atoms with Gasteiger partial charge in [0.25, 0.3) is 11.8 Å². The van der Waals surface area contributed by atoms with E-state index < -0.39 is 49.9 Å². The van der Waals surface area contributed by atoms with Gasteiger partial charge in [-0.05, 0) is 64.0 Å². The molecule has 0 radical (unpaired) electrons. The van der Waals surface area contributed by atoms with Gasteiger partial charge in [0.1, 0.15) is 10.1 Å². The van der Waals surface area contributed by atoms with Gasteiger partial charge in [-0.3, -0.25) is 9.59 Å². The fourth-order valence-corrected chi connectivity index (χ4v) is 4.98. The van der Waals surface area contributed by atoms with Crippen LogP contribution in [0.15, 0.2) is 95.9 Å². The average molecular weight is 607 g/mol. The largest absolute Gasteiger partial charge is 1.00 e. The van der Waals surface area contributed by atoms with Crippen LogP contribution < -0.4 is 40.2 Å². The summed E-state index contributed by atoms with van der Waals surface area (Å²) in [6.45, 7) is 0. The Morgan fingerprint density at radius 1 is 0.581 bits per heavy atom. The van der Waals surface area contributed by atoms with E-state index in [0.717, 1.165) is 18.2 Å². The molecule has 4 N–H and O–H groups in total. The third-order valence-electron chi connectivity index (χ3n) is 6.45. The summed E-state index contributed by atoms with van der Waals surface area (Å²) in [6, 6.07) is 21.7. The number of aromatic carboxylic acids is 2. The summed E-state index contributed by atoms with van der Waals surface area (Å²) >= 11 is 0. The van der Waals surface area contributed by atoms with Crippen molar-refractivity contribution in [2.75, 3.05) is 10.6 Å². The van der Waals surface area contributed by atoms with Gasteiger partial charge in [-0.2, -0.15) is 0 Å². The Bertz CT molecular complexity index is 1950. The average Bonchev–Trinajstić information content (AvgIpc) is 2.95. The summed E-state index contributed by atoms with van der Waals surface area (Å²) in [7, 11) is -5.16. The van der Waals surface area contributed by atoms with E-state index in [-0.39, 0.29) is 52.1 Å². The summed E-state index contributed by atoms with van der Waals surface area (Å²) in [5.74, 6) is -4.67. The Morgan fingerprint density at radius 2 is 0.930 bits per heavy atom. The molecule has 210 valence electrons. The van der Waals surface area contributed by atoms with Gasteiger partial charge in [0.2, 0.25) is 0 Å². The molecule has 5 rings (SSSR count). The summed E-state index contributed by atoms with van der Waals surface area (Å²) in [4.78, 5) is 49.3. The number of hydrogen-bond acceptors (Lipinski definition) is 7. The van der Waals surface area contributed by atoms with Crippen LogP contribution in [-0.2, 0) is 10.1 Å². The van der Waals surface area contributed by atoms with Crippen LogP contribution in [0.5, 0.6) is 0 Å². The zero-order valence-corrected chi connectivity index (χ0v) is 25.1. The summed E-state index contributed by atoms with van der Waals surface area (Å²) in [6.07, 6.45) is 0. The second-order valence-electron chi connectivity index (χ2n) is 9.21. The van der Waals surface area contributed by atoms with E-state index in [4.69, 9.17) is 0 Å². The number of carboxylic acids is 2. The normalized spacial score (nSPS) is 11.0. The first kappa shape index (κ1) is 31.3. The van der Waals surface area contributed by atoms with E-state index in [1.807, 2.05) is 0 Å². The predicted octanol–water partition coefficient (Wildman–Crippen LogP) is 1.80. The number of carboxylic acid groups (broad SMARTS) is 2. The standard InChI is InChI=1S/C30H20N2O9S.Na/c33-27(31-25-14-18-7-3-1-5-16(18)12-23(25)29(35)36)20-9-21(11-22(10-20)42(39,40)41)28(34)32-26-15-19-8-4-2-6-17(19)13-24(26)30(37)38;/h1-15H,(H,31,33)(H,32,34)(H,35,36)(H,37,38)(H,39,40,41);/q;+1/p-1. The van der Waals surface area contributed by atoms with Crippen LogP contribution in [0.3, 0.4) is 0 Å². The summed E-state index contributed by atoms with van der Waals surface area (Å²) < 4.78 is 35.7. The Balaban J connectivity index is 0.00000423. The van der Waals surface area contributed by atoms with Gasteiger partial charge in [0, 0.05) is 11.1 Å². The molecule has 0 aliphatic heterocycles. The zero-order chi connectivity index (χ0) is 30.2. The molecule has 0 bridgehead atoms. The monoisotopic (exact) mass is 606 g/mol. The predicted molar refractivity (Wildman–Crippen MR) is 152 cm³/mol. The van der Waals surface area contributed by atoms with Crippen LogP contribution in [0.25, 0.3) is 21.5 Å². The Kier molecular flexibility index (Phi) is 8.99. The number of anilines is 2. The number of carbonyl (C=O) groups excluding carboxylic acids is 2. The third-order valence-corrected chi connectivity index (χ3v) is 7.26. The van der Waals surface area contributed by atoms with Gasteiger partial charge >= 0.3 is 41.5 Å². The van der Waals surface area contributed by atoms with Gasteiger partial charge in [-0.1, -0.05) is 48.5 Å². The van der Waals surface area contributed by atoms with E-state index >= 15 is 0 Å². The van der Waals surface area contributed by atoms with Gasteiger partial charge in [0.15, 0.2) is 0 Å². The number of amides is 2. The number of nitrogens with one attached hydrogen (secondary N) is 2. The van der Waals surface area contributed by atoms with Crippen LogP contribution in [0.2, 0.25) is 0 Å². The number of benzene rings is 5. The number of carbonyl (C=O) groups is 4. The molecule has 0 aliphatic carbocycles. The molecule has 5 aromatic carbocycles. The van der Waals surface area contributed by atoms with E-state index in [9.17, 15) is 42.4 Å². The molecule has 0 heterocycles. The van der Waals surface area contributed by atoms with E-state index in [1.54, 1.807) is 48.5 Å². The molecule has 0 saturated heterocycles. The van der Waals surface area contributed by atoms with Crippen molar-refractivity contribution in [2.45, 2.75) is 4.90 Å². The Hall–Kier alpha value is -4.59.